The van der Waals surface area contributed by atoms with Crippen molar-refractivity contribution in [3.8, 4) is 0 Å². The molecule has 2 rings (SSSR count). The monoisotopic (exact) mass is 314 g/mol. The van der Waals surface area contributed by atoms with Gasteiger partial charge in [-0.1, -0.05) is 30.3 Å². The van der Waals surface area contributed by atoms with Crippen LogP contribution in [0.2, 0.25) is 0 Å². The zero-order chi connectivity index (χ0) is 16.8. The minimum absolute atomic E-state index is 0.246. The second-order valence-corrected chi connectivity index (χ2v) is 5.44. The summed E-state index contributed by atoms with van der Waals surface area (Å²) in [5, 5.41) is 6.64. The lowest BCUT2D eigenvalue weighted by atomic mass is 10.1. The summed E-state index contributed by atoms with van der Waals surface area (Å²) < 4.78 is 1.19. The summed E-state index contributed by atoms with van der Waals surface area (Å²) in [5.74, 6) is -0.246. The Morgan fingerprint density at radius 2 is 2.04 bits per heavy atom. The van der Waals surface area contributed by atoms with E-state index in [0.29, 0.717) is 0 Å². The molecule has 1 N–H and O–H groups in total. The van der Waals surface area contributed by atoms with E-state index in [-0.39, 0.29) is 11.5 Å². The summed E-state index contributed by atoms with van der Waals surface area (Å²) in [6.45, 7) is 2.42. The maximum absolute atomic E-state index is 12.2. The van der Waals surface area contributed by atoms with Crippen LogP contribution in [0.25, 0.3) is 0 Å². The van der Waals surface area contributed by atoms with Gasteiger partial charge in [0.05, 0.1) is 11.9 Å². The van der Waals surface area contributed by atoms with Crippen LogP contribution < -0.4 is 15.8 Å². The molecule has 1 amide bonds. The molecular formula is C17H22N4O2. The van der Waals surface area contributed by atoms with Crippen molar-refractivity contribution in [2.45, 2.75) is 19.4 Å². The lowest BCUT2D eigenvalue weighted by Gasteiger charge is -2.20. The Balaban J connectivity index is 2.07. The minimum atomic E-state index is -0.629. The normalized spacial score (nSPS) is 11.8. The first-order valence-corrected chi connectivity index (χ1v) is 7.58. The first-order valence-electron chi connectivity index (χ1n) is 7.58. The number of aromatic nitrogens is 2. The van der Waals surface area contributed by atoms with E-state index in [1.165, 1.54) is 23.4 Å². The third-order valence-corrected chi connectivity index (χ3v) is 3.82. The van der Waals surface area contributed by atoms with Gasteiger partial charge in [-0.2, -0.15) is 5.10 Å². The van der Waals surface area contributed by atoms with Crippen molar-refractivity contribution in [2.75, 3.05) is 25.5 Å². The van der Waals surface area contributed by atoms with Gasteiger partial charge in [-0.25, -0.2) is 4.68 Å². The highest BCUT2D eigenvalue weighted by atomic mass is 16.2. The van der Waals surface area contributed by atoms with E-state index in [4.69, 9.17) is 0 Å². The van der Waals surface area contributed by atoms with Crippen LogP contribution in [0.5, 0.6) is 0 Å². The van der Waals surface area contributed by atoms with Crippen molar-refractivity contribution >= 4 is 11.6 Å². The van der Waals surface area contributed by atoms with E-state index < -0.39 is 6.04 Å². The van der Waals surface area contributed by atoms with Gasteiger partial charge in [0.1, 0.15) is 6.04 Å². The average molecular weight is 314 g/mol. The zero-order valence-electron chi connectivity index (χ0n) is 13.7. The number of hydrogen-bond donors (Lipinski definition) is 1. The van der Waals surface area contributed by atoms with E-state index >= 15 is 0 Å². The van der Waals surface area contributed by atoms with E-state index in [1.54, 1.807) is 13.1 Å². The lowest BCUT2D eigenvalue weighted by molar-refractivity contribution is -0.123. The number of anilines is 1. The number of likely N-dealkylation sites (N-methyl/N-ethyl adjacent to an activating group) is 2. The first kappa shape index (κ1) is 16.7. The molecule has 1 heterocycles. The number of nitrogens with zero attached hydrogens (tertiary/aromatic N) is 3. The molecular weight excluding hydrogens is 292 g/mol. The molecule has 6 nitrogen and oxygen atoms in total. The molecule has 1 atom stereocenters. The van der Waals surface area contributed by atoms with Gasteiger partial charge in [0.2, 0.25) is 5.91 Å². The zero-order valence-corrected chi connectivity index (χ0v) is 13.7. The maximum atomic E-state index is 12.2. The van der Waals surface area contributed by atoms with Gasteiger partial charge < -0.3 is 10.2 Å². The first-order chi connectivity index (χ1) is 11.0. The smallest absolute Gasteiger partial charge is 0.269 e. The second kappa shape index (κ2) is 7.58. The van der Waals surface area contributed by atoms with Crippen molar-refractivity contribution < 1.29 is 4.79 Å². The second-order valence-electron chi connectivity index (χ2n) is 5.44. The number of carbonyl (C=O) groups excluding carboxylic acids is 1. The van der Waals surface area contributed by atoms with Gasteiger partial charge in [0.25, 0.3) is 5.56 Å². The number of nitrogens with one attached hydrogen (secondary N) is 1. The fraction of sp³-hybridized carbons (Fsp3) is 0.353. The van der Waals surface area contributed by atoms with Gasteiger partial charge in [0.15, 0.2) is 0 Å². The molecule has 0 fully saturated rings. The summed E-state index contributed by atoms with van der Waals surface area (Å²) in [6, 6.07) is 11.1. The summed E-state index contributed by atoms with van der Waals surface area (Å²) in [4.78, 5) is 25.8. The highest BCUT2D eigenvalue weighted by Crippen LogP contribution is 2.10. The molecule has 1 aromatic carbocycles. The van der Waals surface area contributed by atoms with Crippen LogP contribution in [-0.2, 0) is 11.2 Å². The largest absolute Gasteiger partial charge is 0.373 e. The molecule has 1 aromatic heterocycles. The van der Waals surface area contributed by atoms with E-state index in [2.05, 4.69) is 22.5 Å². The van der Waals surface area contributed by atoms with Crippen LogP contribution >= 0.6 is 0 Å². The molecule has 0 spiro atoms. The number of hydrogen-bond acceptors (Lipinski definition) is 4. The summed E-state index contributed by atoms with van der Waals surface area (Å²) in [5.41, 5.74) is 1.70. The molecule has 0 saturated heterocycles. The summed E-state index contributed by atoms with van der Waals surface area (Å²) in [7, 11) is 3.46. The van der Waals surface area contributed by atoms with Crippen molar-refractivity contribution in [3.63, 3.8) is 0 Å². The molecule has 0 bridgehead atoms. The summed E-state index contributed by atoms with van der Waals surface area (Å²) in [6.07, 6.45) is 2.50. The summed E-state index contributed by atoms with van der Waals surface area (Å²) >= 11 is 0. The lowest BCUT2D eigenvalue weighted by Crippen LogP contribution is -2.35. The van der Waals surface area contributed by atoms with Gasteiger partial charge in [-0.15, -0.1) is 0 Å². The van der Waals surface area contributed by atoms with E-state index in [0.717, 1.165) is 18.7 Å². The Labute approximate surface area is 135 Å². The quantitative estimate of drug-likeness (QED) is 0.871. The Bertz CT molecular complexity index is 712. The van der Waals surface area contributed by atoms with E-state index in [9.17, 15) is 9.59 Å². The minimum Gasteiger partial charge on any atom is -0.373 e. The van der Waals surface area contributed by atoms with E-state index in [1.807, 2.05) is 30.1 Å². The molecule has 0 aliphatic rings. The molecule has 0 saturated carbocycles. The van der Waals surface area contributed by atoms with Crippen LogP contribution in [0.4, 0.5) is 5.69 Å². The number of amides is 1. The standard InChI is InChI=1S/C17H22N4O2/c1-13(17(23)18-2)21-16(22)11-15(12-19-21)20(3)10-9-14-7-5-4-6-8-14/h4-8,11-13H,9-10H2,1-3H3,(H,18,23)/t13-/m1/s1. The molecule has 6 heteroatoms. The molecule has 0 radical (unpaired) electrons. The molecule has 122 valence electrons. The van der Waals surface area contributed by atoms with Crippen LogP contribution in [0, 0.1) is 0 Å². The van der Waals surface area contributed by atoms with Crippen molar-refractivity contribution in [1.29, 1.82) is 0 Å². The van der Waals surface area contributed by atoms with Crippen molar-refractivity contribution in [3.05, 3.63) is 58.5 Å². The number of carbonyl (C=O) groups is 1. The molecule has 0 aliphatic heterocycles. The molecule has 2 aromatic rings. The third-order valence-electron chi connectivity index (χ3n) is 3.82. The van der Waals surface area contributed by atoms with Crippen LogP contribution in [-0.4, -0.2) is 36.3 Å². The van der Waals surface area contributed by atoms with Crippen LogP contribution in [0.15, 0.2) is 47.4 Å². The highest BCUT2D eigenvalue weighted by Gasteiger charge is 2.16. The highest BCUT2D eigenvalue weighted by molar-refractivity contribution is 5.79. The van der Waals surface area contributed by atoms with Crippen LogP contribution in [0.1, 0.15) is 18.5 Å². The fourth-order valence-electron chi connectivity index (χ4n) is 2.30. The Morgan fingerprint density at radius 1 is 1.35 bits per heavy atom. The predicted octanol–water partition coefficient (Wildman–Crippen LogP) is 1.23. The molecule has 0 aliphatic carbocycles. The van der Waals surface area contributed by atoms with Crippen LogP contribution in [0.3, 0.4) is 0 Å². The van der Waals surface area contributed by atoms with Gasteiger partial charge in [0, 0.05) is 26.7 Å². The Morgan fingerprint density at radius 3 is 2.65 bits per heavy atom. The van der Waals surface area contributed by atoms with Gasteiger partial charge >= 0.3 is 0 Å². The molecule has 23 heavy (non-hydrogen) atoms. The maximum Gasteiger partial charge on any atom is 0.269 e. The fourth-order valence-corrected chi connectivity index (χ4v) is 2.30. The number of rotatable bonds is 6. The SMILES string of the molecule is CNC(=O)[C@@H](C)n1ncc(N(C)CCc2ccccc2)cc1=O. The van der Waals surface area contributed by atoms with Gasteiger partial charge in [-0.3, -0.25) is 9.59 Å². The Hall–Kier alpha value is -2.63. The predicted molar refractivity (Wildman–Crippen MR) is 90.7 cm³/mol. The average Bonchev–Trinajstić information content (AvgIpc) is 2.59. The number of benzene rings is 1. The topological polar surface area (TPSA) is 67.2 Å². The Kier molecular flexibility index (Phi) is 5.51. The molecule has 0 unspecified atom stereocenters. The third kappa shape index (κ3) is 4.18. The van der Waals surface area contributed by atoms with Crippen molar-refractivity contribution in [2.24, 2.45) is 0 Å². The van der Waals surface area contributed by atoms with Crippen molar-refractivity contribution in [1.82, 2.24) is 15.1 Å². The van der Waals surface area contributed by atoms with Gasteiger partial charge in [-0.05, 0) is 18.9 Å².